The van der Waals surface area contributed by atoms with E-state index < -0.39 is 0 Å². The lowest BCUT2D eigenvalue weighted by atomic mass is 9.94. The predicted molar refractivity (Wildman–Crippen MR) is 144 cm³/mol. The molecule has 2 aliphatic rings. The lowest BCUT2D eigenvalue weighted by Gasteiger charge is -2.31. The van der Waals surface area contributed by atoms with Gasteiger partial charge >= 0.3 is 6.09 Å². The first kappa shape index (κ1) is 22.5. The molecule has 1 aliphatic heterocycles. The molecule has 6 heteroatoms. The summed E-state index contributed by atoms with van der Waals surface area (Å²) >= 11 is 5.23. The van der Waals surface area contributed by atoms with Crippen LogP contribution in [0, 0.1) is 0 Å². The summed E-state index contributed by atoms with van der Waals surface area (Å²) in [4.78, 5) is 19.7. The molecular weight excluding hydrogens is 520 g/mol. The second-order valence-corrected chi connectivity index (χ2v) is 10.9. The minimum Gasteiger partial charge on any atom is -0.448 e. The number of rotatable bonds is 4. The molecule has 2 heterocycles. The van der Waals surface area contributed by atoms with E-state index in [0.717, 1.165) is 33.6 Å². The summed E-state index contributed by atoms with van der Waals surface area (Å²) in [6, 6.07) is 25.1. The van der Waals surface area contributed by atoms with Crippen LogP contribution in [-0.4, -0.2) is 35.7 Å². The lowest BCUT2D eigenvalue weighted by molar-refractivity contribution is 0.0902. The zero-order valence-electron chi connectivity index (χ0n) is 19.2. The SMILES string of the molecule is O=C(OCC1c2ccccc2-c2ccccc21)N1CCC(c2csc(-c3cccc(Br)c3)n2)CC1. The highest BCUT2D eigenvalue weighted by atomic mass is 79.9. The summed E-state index contributed by atoms with van der Waals surface area (Å²) in [6.45, 7) is 1.77. The standard InChI is InChI=1S/C29H25BrN2O2S/c30-21-7-5-6-20(16-21)28-31-27(18-35-28)19-12-14-32(15-13-19)29(33)34-17-26-24-10-3-1-8-22(24)23-9-2-4-11-25(23)26/h1-11,16,18-19,26H,12-15,17H2. The van der Waals surface area contributed by atoms with Crippen LogP contribution in [0.25, 0.3) is 21.7 Å². The zero-order valence-corrected chi connectivity index (χ0v) is 21.6. The van der Waals surface area contributed by atoms with Crippen LogP contribution in [0.4, 0.5) is 4.79 Å². The van der Waals surface area contributed by atoms with Crippen molar-refractivity contribution >= 4 is 33.4 Å². The number of piperidine rings is 1. The van der Waals surface area contributed by atoms with Crippen molar-refractivity contribution in [2.24, 2.45) is 0 Å². The van der Waals surface area contributed by atoms with Gasteiger partial charge in [0.25, 0.3) is 0 Å². The van der Waals surface area contributed by atoms with E-state index in [-0.39, 0.29) is 12.0 Å². The second-order valence-electron chi connectivity index (χ2n) is 9.15. The highest BCUT2D eigenvalue weighted by Crippen LogP contribution is 2.44. The number of ether oxygens (including phenoxy) is 1. The number of nitrogens with zero attached hydrogens (tertiary/aromatic N) is 2. The third-order valence-corrected chi connectivity index (χ3v) is 8.50. The van der Waals surface area contributed by atoms with Crippen LogP contribution in [0.2, 0.25) is 0 Å². The van der Waals surface area contributed by atoms with Gasteiger partial charge in [-0.1, -0.05) is 76.6 Å². The van der Waals surface area contributed by atoms with Crippen LogP contribution < -0.4 is 0 Å². The van der Waals surface area contributed by atoms with Gasteiger partial charge in [-0.25, -0.2) is 9.78 Å². The molecular formula is C29H25BrN2O2S. The number of benzene rings is 3. The molecule has 0 unspecified atom stereocenters. The van der Waals surface area contributed by atoms with Gasteiger partial charge in [-0.3, -0.25) is 0 Å². The van der Waals surface area contributed by atoms with Crippen molar-refractivity contribution in [3.63, 3.8) is 0 Å². The Labute approximate surface area is 217 Å². The van der Waals surface area contributed by atoms with Crippen molar-refractivity contribution in [1.29, 1.82) is 0 Å². The smallest absolute Gasteiger partial charge is 0.409 e. The number of thiazole rings is 1. The van der Waals surface area contributed by atoms with E-state index in [4.69, 9.17) is 9.72 Å². The first-order valence-corrected chi connectivity index (χ1v) is 13.7. The van der Waals surface area contributed by atoms with Crippen molar-refractivity contribution in [1.82, 2.24) is 9.88 Å². The van der Waals surface area contributed by atoms with Gasteiger partial charge in [0, 0.05) is 40.3 Å². The minimum absolute atomic E-state index is 0.0929. The molecule has 1 amide bonds. The molecule has 0 spiro atoms. The Morgan fingerprint density at radius 3 is 2.34 bits per heavy atom. The van der Waals surface area contributed by atoms with Crippen LogP contribution >= 0.6 is 27.3 Å². The van der Waals surface area contributed by atoms with E-state index in [2.05, 4.69) is 82.0 Å². The van der Waals surface area contributed by atoms with E-state index in [1.807, 2.05) is 17.0 Å². The molecule has 6 rings (SSSR count). The fraction of sp³-hybridized carbons (Fsp3) is 0.241. The third-order valence-electron chi connectivity index (χ3n) is 7.10. The minimum atomic E-state index is -0.210. The van der Waals surface area contributed by atoms with Crippen molar-refractivity contribution in [3.05, 3.63) is 99.5 Å². The van der Waals surface area contributed by atoms with Gasteiger partial charge < -0.3 is 9.64 Å². The van der Waals surface area contributed by atoms with E-state index >= 15 is 0 Å². The summed E-state index contributed by atoms with van der Waals surface area (Å²) < 4.78 is 6.92. The number of hydrogen-bond donors (Lipinski definition) is 0. The first-order valence-electron chi connectivity index (χ1n) is 12.0. The van der Waals surface area contributed by atoms with Crippen molar-refractivity contribution in [3.8, 4) is 21.7 Å². The molecule has 0 N–H and O–H groups in total. The molecule has 1 aromatic heterocycles. The number of hydrogen-bond acceptors (Lipinski definition) is 4. The Morgan fingerprint density at radius 2 is 1.66 bits per heavy atom. The highest BCUT2D eigenvalue weighted by Gasteiger charge is 2.31. The predicted octanol–water partition coefficient (Wildman–Crippen LogP) is 7.70. The van der Waals surface area contributed by atoms with Crippen LogP contribution in [-0.2, 0) is 4.74 Å². The maximum absolute atomic E-state index is 12.9. The molecule has 1 fully saturated rings. The molecule has 0 radical (unpaired) electrons. The maximum atomic E-state index is 12.9. The fourth-order valence-electron chi connectivity index (χ4n) is 5.27. The number of aromatic nitrogens is 1. The number of fused-ring (bicyclic) bond motifs is 3. The summed E-state index contributed by atoms with van der Waals surface area (Å²) in [5.74, 6) is 0.472. The summed E-state index contributed by atoms with van der Waals surface area (Å²) in [5, 5.41) is 3.21. The van der Waals surface area contributed by atoms with Gasteiger partial charge in [0.1, 0.15) is 11.6 Å². The van der Waals surface area contributed by atoms with Gasteiger partial charge in [0.05, 0.1) is 5.69 Å². The maximum Gasteiger partial charge on any atom is 0.409 e. The number of halogens is 1. The number of amides is 1. The molecule has 0 bridgehead atoms. The molecule has 3 aromatic carbocycles. The van der Waals surface area contributed by atoms with Gasteiger partial charge in [-0.05, 0) is 47.2 Å². The summed E-state index contributed by atoms with van der Waals surface area (Å²) in [7, 11) is 0. The molecule has 35 heavy (non-hydrogen) atoms. The Balaban J connectivity index is 1.07. The van der Waals surface area contributed by atoms with Crippen LogP contribution in [0.15, 0.2) is 82.6 Å². The number of carbonyl (C=O) groups is 1. The first-order chi connectivity index (χ1) is 17.2. The monoisotopic (exact) mass is 544 g/mol. The quantitative estimate of drug-likeness (QED) is 0.264. The molecule has 0 saturated carbocycles. The van der Waals surface area contributed by atoms with Crippen LogP contribution in [0.3, 0.4) is 0 Å². The summed E-state index contributed by atoms with van der Waals surface area (Å²) in [6.07, 6.45) is 1.61. The van der Waals surface area contributed by atoms with E-state index in [0.29, 0.717) is 25.6 Å². The average Bonchev–Trinajstić information content (AvgIpc) is 3.51. The van der Waals surface area contributed by atoms with E-state index in [1.165, 1.54) is 22.3 Å². The van der Waals surface area contributed by atoms with Gasteiger partial charge in [-0.15, -0.1) is 11.3 Å². The Hall–Kier alpha value is -2.96. The molecule has 1 saturated heterocycles. The fourth-order valence-corrected chi connectivity index (χ4v) is 6.57. The van der Waals surface area contributed by atoms with Crippen LogP contribution in [0.1, 0.15) is 41.5 Å². The molecule has 1 aliphatic carbocycles. The molecule has 4 nitrogen and oxygen atoms in total. The largest absolute Gasteiger partial charge is 0.448 e. The average molecular weight is 546 g/mol. The molecule has 0 atom stereocenters. The van der Waals surface area contributed by atoms with Gasteiger partial charge in [0.2, 0.25) is 0 Å². The Morgan fingerprint density at radius 1 is 0.971 bits per heavy atom. The number of likely N-dealkylation sites (tertiary alicyclic amines) is 1. The van der Waals surface area contributed by atoms with Crippen molar-refractivity contribution < 1.29 is 9.53 Å². The Bertz CT molecular complexity index is 1330. The number of carbonyl (C=O) groups excluding carboxylic acids is 1. The van der Waals surface area contributed by atoms with Crippen LogP contribution in [0.5, 0.6) is 0 Å². The highest BCUT2D eigenvalue weighted by molar-refractivity contribution is 9.10. The Kier molecular flexibility index (Phi) is 6.17. The molecule has 4 aromatic rings. The van der Waals surface area contributed by atoms with E-state index in [1.54, 1.807) is 11.3 Å². The lowest BCUT2D eigenvalue weighted by Crippen LogP contribution is -2.38. The van der Waals surface area contributed by atoms with Crippen molar-refractivity contribution in [2.75, 3.05) is 19.7 Å². The van der Waals surface area contributed by atoms with E-state index in [9.17, 15) is 4.79 Å². The van der Waals surface area contributed by atoms with Gasteiger partial charge in [0.15, 0.2) is 0 Å². The normalized spacial score (nSPS) is 15.6. The van der Waals surface area contributed by atoms with Crippen molar-refractivity contribution in [2.45, 2.75) is 24.7 Å². The molecule has 176 valence electrons. The van der Waals surface area contributed by atoms with Gasteiger partial charge in [-0.2, -0.15) is 0 Å². The topological polar surface area (TPSA) is 42.4 Å². The summed E-state index contributed by atoms with van der Waals surface area (Å²) in [5.41, 5.74) is 7.24. The zero-order chi connectivity index (χ0) is 23.8. The third kappa shape index (κ3) is 4.41. The second kappa shape index (κ2) is 9.59.